The number of hydrogen-bond acceptors (Lipinski definition) is 3. The smallest absolute Gasteiger partial charge is 0.405 e. The second kappa shape index (κ2) is 4.94. The predicted molar refractivity (Wildman–Crippen MR) is 65.4 cm³/mol. The molecule has 1 aromatic rings. The molecular weight excluding hydrogens is 326 g/mol. The van der Waals surface area contributed by atoms with E-state index >= 15 is 0 Å². The number of aromatic nitrogens is 1. The number of primary amides is 1. The van der Waals surface area contributed by atoms with Crippen LogP contribution >= 0.6 is 22.6 Å². The van der Waals surface area contributed by atoms with Crippen LogP contribution in [0, 0.1) is 9.52 Å². The molecule has 1 heterocycles. The third-order valence-electron chi connectivity index (χ3n) is 1.93. The van der Waals surface area contributed by atoms with Gasteiger partial charge in [0.2, 0.25) is 5.95 Å². The average Bonchev–Trinajstić information content (AvgIpc) is 2.09. The Bertz CT molecular complexity index is 390. The Balaban J connectivity index is 2.91. The van der Waals surface area contributed by atoms with Crippen molar-refractivity contribution in [3.63, 3.8) is 0 Å². The zero-order chi connectivity index (χ0) is 12.3. The van der Waals surface area contributed by atoms with Crippen molar-refractivity contribution in [3.05, 3.63) is 27.3 Å². The third kappa shape index (κ3) is 3.58. The molecule has 0 saturated heterocycles. The molecule has 0 bridgehead atoms. The Morgan fingerprint density at radius 3 is 2.81 bits per heavy atom. The summed E-state index contributed by atoms with van der Waals surface area (Å²) >= 11 is 2.01. The minimum Gasteiger partial charge on any atom is -0.443 e. The largest absolute Gasteiger partial charge is 0.443 e. The molecule has 6 heteroatoms. The Kier molecular flexibility index (Phi) is 4.06. The van der Waals surface area contributed by atoms with Gasteiger partial charge in [0, 0.05) is 21.8 Å². The molecule has 0 atom stereocenters. The van der Waals surface area contributed by atoms with E-state index in [2.05, 4.69) is 4.98 Å². The second-order valence-corrected chi connectivity index (χ2v) is 5.08. The number of nitrogens with zero attached hydrogens (tertiary/aromatic N) is 1. The topological polar surface area (TPSA) is 65.2 Å². The molecular formula is C10H12FIN2O2. The summed E-state index contributed by atoms with van der Waals surface area (Å²) in [6.07, 6.45) is 0.750. The number of hydrogen-bond donors (Lipinski definition) is 1. The molecule has 0 saturated carbocycles. The molecule has 0 aliphatic rings. The van der Waals surface area contributed by atoms with Crippen molar-refractivity contribution in [1.29, 1.82) is 0 Å². The van der Waals surface area contributed by atoms with Gasteiger partial charge in [0.1, 0.15) is 5.60 Å². The van der Waals surface area contributed by atoms with Crippen LogP contribution in [-0.4, -0.2) is 16.7 Å². The van der Waals surface area contributed by atoms with Crippen molar-refractivity contribution in [2.75, 3.05) is 0 Å². The van der Waals surface area contributed by atoms with Gasteiger partial charge in [0.05, 0.1) is 0 Å². The van der Waals surface area contributed by atoms with Gasteiger partial charge in [-0.3, -0.25) is 0 Å². The molecule has 4 nitrogen and oxygen atoms in total. The van der Waals surface area contributed by atoms with Crippen molar-refractivity contribution in [2.24, 2.45) is 5.73 Å². The molecule has 0 fully saturated rings. The predicted octanol–water partition coefficient (Wildman–Crippen LogP) is 2.24. The number of ether oxygens (including phenoxy) is 1. The standard InChI is InChI=1S/C10H12FIN2O2/c1-10(2,16-9(13)15)5-6-7(12)3-4-14-8(6)11/h3-4H,5H2,1-2H3,(H2,13,15). The van der Waals surface area contributed by atoms with Crippen LogP contribution in [0.5, 0.6) is 0 Å². The summed E-state index contributed by atoms with van der Waals surface area (Å²) in [6.45, 7) is 3.33. The Labute approximate surface area is 107 Å². The zero-order valence-corrected chi connectivity index (χ0v) is 11.1. The fourth-order valence-electron chi connectivity index (χ4n) is 1.34. The summed E-state index contributed by atoms with van der Waals surface area (Å²) in [5.41, 5.74) is 4.51. The van der Waals surface area contributed by atoms with Crippen LogP contribution in [0.1, 0.15) is 19.4 Å². The fraction of sp³-hybridized carbons (Fsp3) is 0.400. The molecule has 16 heavy (non-hydrogen) atoms. The number of nitrogens with two attached hydrogens (primary N) is 1. The van der Waals surface area contributed by atoms with Crippen LogP contribution in [0.25, 0.3) is 0 Å². The van der Waals surface area contributed by atoms with Crippen LogP contribution in [0.2, 0.25) is 0 Å². The van der Waals surface area contributed by atoms with E-state index in [-0.39, 0.29) is 6.42 Å². The minimum absolute atomic E-state index is 0.230. The first kappa shape index (κ1) is 13.1. The summed E-state index contributed by atoms with van der Waals surface area (Å²) < 4.78 is 19.1. The van der Waals surface area contributed by atoms with Gasteiger partial charge < -0.3 is 10.5 Å². The van der Waals surface area contributed by atoms with E-state index in [1.165, 1.54) is 6.20 Å². The first-order valence-electron chi connectivity index (χ1n) is 4.59. The molecule has 0 radical (unpaired) electrons. The summed E-state index contributed by atoms with van der Waals surface area (Å²) in [5, 5.41) is 0. The Hall–Kier alpha value is -0.920. The molecule has 2 N–H and O–H groups in total. The molecule has 0 aliphatic carbocycles. The fourth-order valence-corrected chi connectivity index (χ4v) is 1.91. The number of rotatable bonds is 3. The van der Waals surface area contributed by atoms with Crippen molar-refractivity contribution in [2.45, 2.75) is 25.9 Å². The number of amides is 1. The van der Waals surface area contributed by atoms with E-state index in [1.54, 1.807) is 19.9 Å². The van der Waals surface area contributed by atoms with Crippen LogP contribution in [-0.2, 0) is 11.2 Å². The molecule has 1 amide bonds. The van der Waals surface area contributed by atoms with E-state index in [0.29, 0.717) is 5.56 Å². The first-order valence-corrected chi connectivity index (χ1v) is 5.67. The Morgan fingerprint density at radius 1 is 1.69 bits per heavy atom. The zero-order valence-electron chi connectivity index (χ0n) is 8.96. The Morgan fingerprint density at radius 2 is 2.31 bits per heavy atom. The van der Waals surface area contributed by atoms with Gasteiger partial charge >= 0.3 is 6.09 Å². The molecule has 1 aromatic heterocycles. The SMILES string of the molecule is CC(C)(Cc1c(I)ccnc1F)OC(N)=O. The molecule has 0 aliphatic heterocycles. The van der Waals surface area contributed by atoms with E-state index < -0.39 is 17.6 Å². The van der Waals surface area contributed by atoms with E-state index in [4.69, 9.17) is 10.5 Å². The van der Waals surface area contributed by atoms with E-state index in [0.717, 1.165) is 3.57 Å². The highest BCUT2D eigenvalue weighted by Gasteiger charge is 2.25. The van der Waals surface area contributed by atoms with Gasteiger partial charge in [-0.1, -0.05) is 0 Å². The monoisotopic (exact) mass is 338 g/mol. The summed E-state index contributed by atoms with van der Waals surface area (Å²) in [4.78, 5) is 14.2. The van der Waals surface area contributed by atoms with Gasteiger partial charge in [-0.15, -0.1) is 0 Å². The van der Waals surface area contributed by atoms with E-state index in [1.807, 2.05) is 22.6 Å². The highest BCUT2D eigenvalue weighted by atomic mass is 127. The van der Waals surface area contributed by atoms with E-state index in [9.17, 15) is 9.18 Å². The van der Waals surface area contributed by atoms with Gasteiger partial charge in [-0.05, 0) is 42.5 Å². The molecule has 0 unspecified atom stereocenters. The highest BCUT2D eigenvalue weighted by Crippen LogP contribution is 2.22. The van der Waals surface area contributed by atoms with Crippen molar-refractivity contribution in [3.8, 4) is 0 Å². The molecule has 0 aromatic carbocycles. The van der Waals surface area contributed by atoms with Crippen LogP contribution < -0.4 is 5.73 Å². The lowest BCUT2D eigenvalue weighted by atomic mass is 9.99. The second-order valence-electron chi connectivity index (χ2n) is 3.92. The van der Waals surface area contributed by atoms with Gasteiger partial charge in [0.15, 0.2) is 0 Å². The van der Waals surface area contributed by atoms with Crippen LogP contribution in [0.4, 0.5) is 9.18 Å². The van der Waals surface area contributed by atoms with Gasteiger partial charge in [0.25, 0.3) is 0 Å². The van der Waals surface area contributed by atoms with Gasteiger partial charge in [-0.2, -0.15) is 4.39 Å². The van der Waals surface area contributed by atoms with Crippen molar-refractivity contribution in [1.82, 2.24) is 4.98 Å². The number of carbonyl (C=O) groups is 1. The summed E-state index contributed by atoms with van der Waals surface area (Å²) in [6, 6.07) is 1.69. The highest BCUT2D eigenvalue weighted by molar-refractivity contribution is 14.1. The number of carbonyl (C=O) groups excluding carboxylic acids is 1. The van der Waals surface area contributed by atoms with Crippen molar-refractivity contribution >= 4 is 28.7 Å². The average molecular weight is 338 g/mol. The summed E-state index contributed by atoms with van der Waals surface area (Å²) in [7, 11) is 0. The quantitative estimate of drug-likeness (QED) is 0.679. The van der Waals surface area contributed by atoms with Crippen LogP contribution in [0.15, 0.2) is 12.3 Å². The maximum absolute atomic E-state index is 13.4. The third-order valence-corrected chi connectivity index (χ3v) is 2.94. The van der Waals surface area contributed by atoms with Crippen LogP contribution in [0.3, 0.4) is 0 Å². The summed E-state index contributed by atoms with van der Waals surface area (Å²) in [5.74, 6) is -0.548. The van der Waals surface area contributed by atoms with Crippen molar-refractivity contribution < 1.29 is 13.9 Å². The molecule has 0 spiro atoms. The lowest BCUT2D eigenvalue weighted by Crippen LogP contribution is -2.33. The normalized spacial score (nSPS) is 11.2. The molecule has 1 rings (SSSR count). The maximum atomic E-state index is 13.4. The minimum atomic E-state index is -0.871. The van der Waals surface area contributed by atoms with Gasteiger partial charge in [-0.25, -0.2) is 9.78 Å². The maximum Gasteiger partial charge on any atom is 0.405 e. The number of halogens is 2. The first-order chi connectivity index (χ1) is 7.32. The molecule has 88 valence electrons. The lowest BCUT2D eigenvalue weighted by molar-refractivity contribution is 0.0451. The lowest BCUT2D eigenvalue weighted by Gasteiger charge is -2.24. The number of pyridine rings is 1.